The monoisotopic (exact) mass is 367 g/mol. The van der Waals surface area contributed by atoms with Gasteiger partial charge >= 0.3 is 0 Å². The van der Waals surface area contributed by atoms with Crippen LogP contribution in [0.15, 0.2) is 36.9 Å². The maximum Gasteiger partial charge on any atom is 0.256 e. The minimum Gasteiger partial charge on any atom is -0.342 e. The number of amides is 2. The van der Waals surface area contributed by atoms with Crippen molar-refractivity contribution in [2.45, 2.75) is 32.6 Å². The Bertz CT molecular complexity index is 835. The minimum atomic E-state index is 0.0278. The van der Waals surface area contributed by atoms with Crippen LogP contribution in [0, 0.1) is 5.41 Å². The summed E-state index contributed by atoms with van der Waals surface area (Å²) >= 11 is 0. The molecule has 1 spiro atoms. The minimum absolute atomic E-state index is 0.0278. The largest absolute Gasteiger partial charge is 0.342 e. The number of piperidine rings is 2. The van der Waals surface area contributed by atoms with Crippen LogP contribution in [0.4, 0.5) is 0 Å². The normalized spacial score (nSPS) is 23.1. The molecule has 2 aliphatic heterocycles. The zero-order valence-electron chi connectivity index (χ0n) is 15.7. The molecule has 0 bridgehead atoms. The third kappa shape index (κ3) is 3.34. The fourth-order valence-corrected chi connectivity index (χ4v) is 4.46. The van der Waals surface area contributed by atoms with Crippen LogP contribution < -0.4 is 0 Å². The molecule has 3 heterocycles. The fraction of sp³-hybridized carbons (Fsp3) is 0.500. The van der Waals surface area contributed by atoms with E-state index >= 15 is 0 Å². The molecule has 2 fully saturated rings. The average molecular weight is 367 g/mol. The summed E-state index contributed by atoms with van der Waals surface area (Å²) in [5.41, 5.74) is 1.41. The van der Waals surface area contributed by atoms with Gasteiger partial charge in [-0.05, 0) is 38.3 Å². The molecule has 2 aliphatic rings. The third-order valence-electron chi connectivity index (χ3n) is 5.88. The molecule has 4 rings (SSSR count). The first-order valence-electron chi connectivity index (χ1n) is 9.63. The maximum atomic E-state index is 13.3. The summed E-state index contributed by atoms with van der Waals surface area (Å²) in [5.74, 6) is 0.267. The van der Waals surface area contributed by atoms with Gasteiger partial charge in [0.1, 0.15) is 12.7 Å². The Labute approximate surface area is 159 Å². The Balaban J connectivity index is 1.58. The highest BCUT2D eigenvalue weighted by Gasteiger charge is 2.42. The van der Waals surface area contributed by atoms with E-state index in [1.807, 2.05) is 41.0 Å². The zero-order valence-corrected chi connectivity index (χ0v) is 15.7. The van der Waals surface area contributed by atoms with E-state index < -0.39 is 0 Å². The molecule has 0 N–H and O–H groups in total. The highest BCUT2D eigenvalue weighted by molar-refractivity contribution is 5.97. The van der Waals surface area contributed by atoms with Crippen LogP contribution >= 0.6 is 0 Å². The van der Waals surface area contributed by atoms with Gasteiger partial charge in [0.2, 0.25) is 5.91 Å². The van der Waals surface area contributed by atoms with E-state index in [9.17, 15) is 9.59 Å². The van der Waals surface area contributed by atoms with Gasteiger partial charge < -0.3 is 9.80 Å². The van der Waals surface area contributed by atoms with Crippen LogP contribution in [0.2, 0.25) is 0 Å². The number of hydrogen-bond acceptors (Lipinski definition) is 4. The summed E-state index contributed by atoms with van der Waals surface area (Å²) in [6, 6.07) is 7.52. The first kappa shape index (κ1) is 17.7. The van der Waals surface area contributed by atoms with Gasteiger partial charge in [-0.15, -0.1) is 0 Å². The van der Waals surface area contributed by atoms with Crippen LogP contribution in [0.1, 0.15) is 43.0 Å². The Kier molecular flexibility index (Phi) is 4.68. The van der Waals surface area contributed by atoms with Gasteiger partial charge in [-0.2, -0.15) is 5.10 Å². The molecule has 7 nitrogen and oxygen atoms in total. The van der Waals surface area contributed by atoms with Gasteiger partial charge in [0, 0.05) is 38.0 Å². The second-order valence-electron chi connectivity index (χ2n) is 7.60. The molecule has 1 unspecified atom stereocenters. The molecule has 1 atom stereocenters. The zero-order chi connectivity index (χ0) is 18.9. The summed E-state index contributed by atoms with van der Waals surface area (Å²) in [6.07, 6.45) is 6.59. The topological polar surface area (TPSA) is 71.3 Å². The lowest BCUT2D eigenvalue weighted by Crippen LogP contribution is -2.55. The second-order valence-corrected chi connectivity index (χ2v) is 7.60. The first-order chi connectivity index (χ1) is 13.1. The molecule has 1 aromatic heterocycles. The molecule has 27 heavy (non-hydrogen) atoms. The van der Waals surface area contributed by atoms with Crippen LogP contribution in [0.5, 0.6) is 0 Å². The molecular weight excluding hydrogens is 342 g/mol. The molecule has 7 heteroatoms. The van der Waals surface area contributed by atoms with Gasteiger partial charge in [-0.1, -0.05) is 12.1 Å². The van der Waals surface area contributed by atoms with E-state index in [1.165, 1.54) is 6.33 Å². The third-order valence-corrected chi connectivity index (χ3v) is 5.88. The molecule has 0 radical (unpaired) electrons. The predicted molar refractivity (Wildman–Crippen MR) is 100 cm³/mol. The van der Waals surface area contributed by atoms with Crippen LogP contribution in [0.25, 0.3) is 5.69 Å². The number of aromatic nitrogens is 3. The van der Waals surface area contributed by atoms with E-state index in [2.05, 4.69) is 10.1 Å². The van der Waals surface area contributed by atoms with Gasteiger partial charge in [0.05, 0.1) is 11.3 Å². The number of hydrogen-bond donors (Lipinski definition) is 0. The van der Waals surface area contributed by atoms with E-state index in [-0.39, 0.29) is 17.2 Å². The smallest absolute Gasteiger partial charge is 0.256 e. The summed E-state index contributed by atoms with van der Waals surface area (Å²) in [4.78, 5) is 33.3. The Morgan fingerprint density at radius 3 is 2.85 bits per heavy atom. The Hall–Kier alpha value is -2.70. The molecule has 2 aromatic rings. The predicted octanol–water partition coefficient (Wildman–Crippen LogP) is 2.13. The van der Waals surface area contributed by atoms with E-state index in [1.54, 1.807) is 11.0 Å². The number of carbonyl (C=O) groups is 2. The summed E-state index contributed by atoms with van der Waals surface area (Å²) in [6.45, 7) is 4.99. The van der Waals surface area contributed by atoms with E-state index in [4.69, 9.17) is 0 Å². The number of para-hydroxylation sites is 1. The van der Waals surface area contributed by atoms with Crippen molar-refractivity contribution in [1.29, 1.82) is 0 Å². The maximum absolute atomic E-state index is 13.3. The van der Waals surface area contributed by atoms with E-state index in [0.29, 0.717) is 18.5 Å². The van der Waals surface area contributed by atoms with Crippen molar-refractivity contribution >= 4 is 11.8 Å². The summed E-state index contributed by atoms with van der Waals surface area (Å²) < 4.78 is 1.63. The highest BCUT2D eigenvalue weighted by Crippen LogP contribution is 2.39. The quantitative estimate of drug-likeness (QED) is 0.833. The number of carbonyl (C=O) groups excluding carboxylic acids is 2. The van der Waals surface area contributed by atoms with Crippen molar-refractivity contribution in [1.82, 2.24) is 24.6 Å². The molecule has 1 aromatic carbocycles. The molecule has 142 valence electrons. The van der Waals surface area contributed by atoms with Gasteiger partial charge in [-0.3, -0.25) is 9.59 Å². The Morgan fingerprint density at radius 2 is 2.07 bits per heavy atom. The van der Waals surface area contributed by atoms with Crippen molar-refractivity contribution in [3.8, 4) is 5.69 Å². The van der Waals surface area contributed by atoms with Crippen molar-refractivity contribution in [3.63, 3.8) is 0 Å². The lowest BCUT2D eigenvalue weighted by atomic mass is 9.73. The lowest BCUT2D eigenvalue weighted by Gasteiger charge is -2.48. The van der Waals surface area contributed by atoms with Gasteiger partial charge in [0.25, 0.3) is 5.91 Å². The number of benzene rings is 1. The van der Waals surface area contributed by atoms with Crippen LogP contribution in [-0.4, -0.2) is 62.6 Å². The number of nitrogens with zero attached hydrogens (tertiary/aromatic N) is 5. The lowest BCUT2D eigenvalue weighted by molar-refractivity contribution is -0.138. The summed E-state index contributed by atoms with van der Waals surface area (Å²) in [5, 5.41) is 4.18. The van der Waals surface area contributed by atoms with Crippen LogP contribution in [-0.2, 0) is 4.79 Å². The molecule has 0 aliphatic carbocycles. The molecular formula is C20H25N5O2. The van der Waals surface area contributed by atoms with Gasteiger partial charge in [-0.25, -0.2) is 9.67 Å². The summed E-state index contributed by atoms with van der Waals surface area (Å²) in [7, 11) is 0. The first-order valence-corrected chi connectivity index (χ1v) is 9.63. The average Bonchev–Trinajstić information content (AvgIpc) is 3.24. The highest BCUT2D eigenvalue weighted by atomic mass is 16.2. The molecule has 2 amide bonds. The Morgan fingerprint density at radius 1 is 1.22 bits per heavy atom. The fourth-order valence-electron chi connectivity index (χ4n) is 4.46. The van der Waals surface area contributed by atoms with Gasteiger partial charge in [0.15, 0.2) is 0 Å². The van der Waals surface area contributed by atoms with Crippen LogP contribution in [0.3, 0.4) is 0 Å². The van der Waals surface area contributed by atoms with Crippen molar-refractivity contribution < 1.29 is 9.59 Å². The molecule has 0 saturated carbocycles. The van der Waals surface area contributed by atoms with Crippen molar-refractivity contribution in [3.05, 3.63) is 42.5 Å². The number of likely N-dealkylation sites (tertiary alicyclic amines) is 2. The van der Waals surface area contributed by atoms with Crippen molar-refractivity contribution in [2.24, 2.45) is 5.41 Å². The second kappa shape index (κ2) is 7.13. The standard InChI is InChI=1S/C20H25N5O2/c1-2-23-12-20(10-8-18(23)26)9-5-11-24(13-20)19(27)16-6-3-4-7-17(16)25-15-21-14-22-25/h3-4,6-7,14-15H,2,5,8-13H2,1H3. The van der Waals surface area contributed by atoms with E-state index in [0.717, 1.165) is 44.6 Å². The SMILES string of the molecule is CCN1CC2(CCCN(C(=O)c3ccccc3-n3cncn3)C2)CCC1=O. The molecule has 2 saturated heterocycles. The number of rotatable bonds is 3. The van der Waals surface area contributed by atoms with Crippen molar-refractivity contribution in [2.75, 3.05) is 26.2 Å².